The zero-order valence-electron chi connectivity index (χ0n) is 55.5. The van der Waals surface area contributed by atoms with Gasteiger partial charge in [0.2, 0.25) is 5.91 Å². The van der Waals surface area contributed by atoms with E-state index < -0.39 is 86.8 Å². The van der Waals surface area contributed by atoms with Crippen LogP contribution >= 0.6 is 0 Å². The Morgan fingerprint density at radius 3 is 1.21 bits per heavy atom. The minimum absolute atomic E-state index is 0.202. The number of nitrogens with one attached hydrogen (secondary N) is 1. The third-order valence-electron chi connectivity index (χ3n) is 15.3. The summed E-state index contributed by atoms with van der Waals surface area (Å²) in [6, 6.07) is -0.976. The maximum atomic E-state index is 13.3. The number of carbonyl (C=O) groups excluding carboxylic acids is 1. The predicted octanol–water partition coefficient (Wildman–Crippen LogP) is 14.2. The minimum Gasteiger partial charge on any atom is -0.394 e. The zero-order chi connectivity index (χ0) is 65.9. The summed E-state index contributed by atoms with van der Waals surface area (Å²) >= 11 is 0. The van der Waals surface area contributed by atoms with Gasteiger partial charge in [-0.1, -0.05) is 241 Å². The summed E-state index contributed by atoms with van der Waals surface area (Å²) in [5, 5.41) is 87.2. The van der Waals surface area contributed by atoms with Crippen molar-refractivity contribution in [2.45, 2.75) is 274 Å². The number of unbranched alkanes of at least 4 members (excludes halogenated alkanes) is 12. The first-order valence-corrected chi connectivity index (χ1v) is 34.5. The standard InChI is InChI=1S/C77H121NO13/c1-3-5-7-9-11-13-15-17-19-21-23-24-25-26-27-28-29-30-31-32-33-34-35-36-37-38-39-40-41-42-43-45-47-49-51-53-55-57-59-61-69(82)78-65(66(81)60-58-56-54-52-50-48-46-44-22-20-18-16-14-12-10-8-6-4-2)64-88-76-74(87)72(85)75(68(63-80)90-76)91-77-73(86)71(84)70(83)67(62-79)89-77/h5,7,11,13,17,19,22-24,26-27,29-30,32-33,35-36,38-39,41-42,44-45,47,50-53,58,60,65-68,70-77,79-81,83-87H,3-4,6,8-10,12,14-16,18,20-21,25,28,31,34,37,40,43,46,48-49,54-57,59,61-64H2,1-2H3,(H,78,82)/b7-5-,13-11-,19-17-,24-23-,27-26-,30-29-,33-32-,36-35-,39-38-,42-41-,44-22+,47-45-,52-50+,53-51-,60-58+. The summed E-state index contributed by atoms with van der Waals surface area (Å²) in [5.74, 6) is -0.304. The molecule has 2 fully saturated rings. The van der Waals surface area contributed by atoms with Crippen LogP contribution in [0.15, 0.2) is 182 Å². The molecule has 9 N–H and O–H groups in total. The number of allylic oxidation sites excluding steroid dienone is 29. The van der Waals surface area contributed by atoms with Crippen molar-refractivity contribution in [1.82, 2.24) is 5.32 Å². The number of hydrogen-bond acceptors (Lipinski definition) is 13. The number of aliphatic hydroxyl groups is 8. The Morgan fingerprint density at radius 1 is 0.407 bits per heavy atom. The van der Waals surface area contributed by atoms with Crippen LogP contribution in [0.5, 0.6) is 0 Å². The highest BCUT2D eigenvalue weighted by atomic mass is 16.7. The summed E-state index contributed by atoms with van der Waals surface area (Å²) in [6.07, 6.45) is 76.6. The van der Waals surface area contributed by atoms with Gasteiger partial charge in [0.15, 0.2) is 12.6 Å². The lowest BCUT2D eigenvalue weighted by Crippen LogP contribution is -2.65. The largest absolute Gasteiger partial charge is 0.394 e. The molecule has 14 heteroatoms. The first-order chi connectivity index (χ1) is 44.6. The normalized spacial score (nSPS) is 24.0. The first kappa shape index (κ1) is 82.2. The van der Waals surface area contributed by atoms with Gasteiger partial charge in [0.1, 0.15) is 48.8 Å². The molecule has 2 aliphatic heterocycles. The van der Waals surface area contributed by atoms with Crippen LogP contribution in [0, 0.1) is 0 Å². The number of carbonyl (C=O) groups is 1. The van der Waals surface area contributed by atoms with E-state index in [2.05, 4.69) is 189 Å². The van der Waals surface area contributed by atoms with E-state index >= 15 is 0 Å². The molecular weight excluding hydrogens is 1150 g/mol. The lowest BCUT2D eigenvalue weighted by molar-refractivity contribution is -0.359. The van der Waals surface area contributed by atoms with Crippen LogP contribution in [0.25, 0.3) is 0 Å². The smallest absolute Gasteiger partial charge is 0.220 e. The van der Waals surface area contributed by atoms with E-state index in [4.69, 9.17) is 18.9 Å². The Kier molecular flexibility index (Phi) is 53.2. The van der Waals surface area contributed by atoms with E-state index in [9.17, 15) is 45.6 Å². The number of ether oxygens (including phenoxy) is 4. The molecule has 2 heterocycles. The van der Waals surface area contributed by atoms with Gasteiger partial charge in [0.05, 0.1) is 32.0 Å². The zero-order valence-corrected chi connectivity index (χ0v) is 55.5. The maximum absolute atomic E-state index is 13.3. The molecule has 91 heavy (non-hydrogen) atoms. The average Bonchev–Trinajstić information content (AvgIpc) is 1.19. The number of aliphatic hydroxyl groups excluding tert-OH is 8. The van der Waals surface area contributed by atoms with Crippen LogP contribution < -0.4 is 5.32 Å². The van der Waals surface area contributed by atoms with Crippen molar-refractivity contribution in [3.05, 3.63) is 182 Å². The van der Waals surface area contributed by atoms with Gasteiger partial charge in [-0.05, 0) is 135 Å². The monoisotopic (exact) mass is 1270 g/mol. The van der Waals surface area contributed by atoms with E-state index in [-0.39, 0.29) is 18.9 Å². The fourth-order valence-electron chi connectivity index (χ4n) is 9.83. The Bertz CT molecular complexity index is 2230. The molecule has 0 aromatic heterocycles. The second-order valence-corrected chi connectivity index (χ2v) is 23.2. The Morgan fingerprint density at radius 2 is 0.769 bits per heavy atom. The van der Waals surface area contributed by atoms with Gasteiger partial charge >= 0.3 is 0 Å². The third-order valence-corrected chi connectivity index (χ3v) is 15.3. The molecule has 2 aliphatic rings. The maximum Gasteiger partial charge on any atom is 0.220 e. The SMILES string of the molecule is CC/C=C\C/C=C\C/C=C\C/C=C\C/C=C\C/C=C\C/C=C\C/C=C\C/C=C\C/C=C\C/C=C\C/C=C\CCCCC(=O)NC(COC1OC(CO)C(OC2OC(CO)C(O)C(O)C2O)C(O)C1O)C(O)/C=C/CC/C=C/CC/C=C/CCCCCCCCCC. The van der Waals surface area contributed by atoms with Crippen molar-refractivity contribution < 1.29 is 64.6 Å². The molecule has 14 nitrogen and oxygen atoms in total. The van der Waals surface area contributed by atoms with Crippen LogP contribution in [-0.4, -0.2) is 140 Å². The highest BCUT2D eigenvalue weighted by Crippen LogP contribution is 2.30. The molecule has 2 rings (SSSR count). The van der Waals surface area contributed by atoms with Crippen molar-refractivity contribution in [2.24, 2.45) is 0 Å². The summed E-state index contributed by atoms with van der Waals surface area (Å²) in [6.45, 7) is 2.60. The molecule has 0 aromatic rings. The van der Waals surface area contributed by atoms with Gasteiger partial charge in [-0.25, -0.2) is 0 Å². The molecule has 0 aromatic carbocycles. The van der Waals surface area contributed by atoms with Crippen molar-refractivity contribution in [1.29, 1.82) is 0 Å². The summed E-state index contributed by atoms with van der Waals surface area (Å²) < 4.78 is 22.8. The van der Waals surface area contributed by atoms with Crippen LogP contribution in [0.2, 0.25) is 0 Å². The first-order valence-electron chi connectivity index (χ1n) is 34.5. The molecule has 12 unspecified atom stereocenters. The van der Waals surface area contributed by atoms with E-state index in [0.717, 1.165) is 116 Å². The lowest BCUT2D eigenvalue weighted by atomic mass is 9.97. The number of amides is 1. The molecule has 0 radical (unpaired) electrons. The molecule has 1 amide bonds. The molecule has 0 bridgehead atoms. The van der Waals surface area contributed by atoms with Crippen LogP contribution in [0.4, 0.5) is 0 Å². The van der Waals surface area contributed by atoms with Crippen molar-refractivity contribution in [3.8, 4) is 0 Å². The Hall–Kier alpha value is -4.91. The molecule has 0 spiro atoms. The lowest BCUT2D eigenvalue weighted by Gasteiger charge is -2.46. The van der Waals surface area contributed by atoms with E-state index in [1.165, 1.54) is 51.4 Å². The quantitative estimate of drug-likeness (QED) is 0.0204. The molecule has 0 aliphatic carbocycles. The Labute approximate surface area is 549 Å². The van der Waals surface area contributed by atoms with Gasteiger partial charge < -0.3 is 65.1 Å². The molecule has 512 valence electrons. The highest BCUT2D eigenvalue weighted by molar-refractivity contribution is 5.76. The van der Waals surface area contributed by atoms with Gasteiger partial charge in [0.25, 0.3) is 0 Å². The highest BCUT2D eigenvalue weighted by Gasteiger charge is 2.51. The average molecular weight is 1270 g/mol. The van der Waals surface area contributed by atoms with E-state index in [1.807, 2.05) is 6.08 Å². The van der Waals surface area contributed by atoms with E-state index in [1.54, 1.807) is 6.08 Å². The third kappa shape index (κ3) is 42.8. The van der Waals surface area contributed by atoms with Gasteiger partial charge in [-0.15, -0.1) is 0 Å². The Balaban J connectivity index is 1.71. The topological polar surface area (TPSA) is 228 Å². The van der Waals surface area contributed by atoms with Crippen molar-refractivity contribution >= 4 is 5.91 Å². The number of hydrogen-bond donors (Lipinski definition) is 9. The summed E-state index contributed by atoms with van der Waals surface area (Å²) in [5.41, 5.74) is 0. The molecule has 12 atom stereocenters. The van der Waals surface area contributed by atoms with Crippen molar-refractivity contribution in [2.75, 3.05) is 19.8 Å². The molecular formula is C77H121NO13. The van der Waals surface area contributed by atoms with Crippen LogP contribution in [-0.2, 0) is 23.7 Å². The van der Waals surface area contributed by atoms with Gasteiger partial charge in [-0.2, -0.15) is 0 Å². The van der Waals surface area contributed by atoms with Crippen LogP contribution in [0.3, 0.4) is 0 Å². The number of rotatable bonds is 53. The second kappa shape index (κ2) is 58.9. The van der Waals surface area contributed by atoms with Crippen LogP contribution in [0.1, 0.15) is 200 Å². The summed E-state index contributed by atoms with van der Waals surface area (Å²) in [7, 11) is 0. The van der Waals surface area contributed by atoms with Gasteiger partial charge in [0, 0.05) is 6.42 Å². The molecule has 0 saturated carbocycles. The fourth-order valence-corrected chi connectivity index (χ4v) is 9.83. The van der Waals surface area contributed by atoms with Crippen molar-refractivity contribution in [3.63, 3.8) is 0 Å². The fraction of sp³-hybridized carbons (Fsp3) is 0.597. The van der Waals surface area contributed by atoms with E-state index in [0.29, 0.717) is 12.8 Å². The summed E-state index contributed by atoms with van der Waals surface area (Å²) in [4.78, 5) is 13.3. The minimum atomic E-state index is -1.81. The predicted molar refractivity (Wildman–Crippen MR) is 373 cm³/mol. The second-order valence-electron chi connectivity index (χ2n) is 23.2. The molecule has 2 saturated heterocycles. The van der Waals surface area contributed by atoms with Gasteiger partial charge in [-0.3, -0.25) is 4.79 Å².